The minimum absolute atomic E-state index is 0.193. The summed E-state index contributed by atoms with van der Waals surface area (Å²) in [4.78, 5) is 0. The fourth-order valence-corrected chi connectivity index (χ4v) is 0.785. The fraction of sp³-hybridized carbons (Fsp3) is 0.250. The Morgan fingerprint density at radius 2 is 2.20 bits per heavy atom. The first-order valence-electron chi connectivity index (χ1n) is 3.17. The Labute approximate surface area is 60.3 Å². The molecule has 0 saturated carbocycles. The van der Waals surface area contributed by atoms with Crippen LogP contribution in [0.4, 0.5) is 0 Å². The van der Waals surface area contributed by atoms with Gasteiger partial charge in [0.1, 0.15) is 5.75 Å². The Kier molecular flexibility index (Phi) is 1.92. The zero-order valence-corrected chi connectivity index (χ0v) is 5.78. The van der Waals surface area contributed by atoms with Crippen LogP contribution < -0.4 is 5.73 Å². The third kappa shape index (κ3) is 1.48. The third-order valence-corrected chi connectivity index (χ3v) is 1.35. The molecule has 0 saturated heterocycles. The molecule has 1 aromatic rings. The summed E-state index contributed by atoms with van der Waals surface area (Å²) in [6.07, 6.45) is 0. The molecule has 0 fully saturated rings. The van der Waals surface area contributed by atoms with E-state index in [1.807, 2.05) is 0 Å². The van der Waals surface area contributed by atoms with Crippen molar-refractivity contribution in [3.63, 3.8) is 0 Å². The van der Waals surface area contributed by atoms with Gasteiger partial charge in [-0.3, -0.25) is 0 Å². The van der Waals surface area contributed by atoms with Gasteiger partial charge in [-0.15, -0.1) is 5.73 Å². The highest BCUT2D eigenvalue weighted by Gasteiger charge is 1.99. The van der Waals surface area contributed by atoms with Crippen LogP contribution in [0.15, 0.2) is 24.3 Å². The molecule has 0 aromatic heterocycles. The molecule has 2 radical (unpaired) electrons. The van der Waals surface area contributed by atoms with E-state index in [1.165, 1.54) is 0 Å². The van der Waals surface area contributed by atoms with Crippen molar-refractivity contribution in [2.45, 2.75) is 13.0 Å². The number of phenols is 1. The minimum Gasteiger partial charge on any atom is -0.508 e. The third-order valence-electron chi connectivity index (χ3n) is 1.35. The predicted molar refractivity (Wildman–Crippen MR) is 38.7 cm³/mol. The van der Waals surface area contributed by atoms with Crippen LogP contribution in [0.1, 0.15) is 18.5 Å². The largest absolute Gasteiger partial charge is 0.508 e. The average molecular weight is 135 g/mol. The molecule has 10 heavy (non-hydrogen) atoms. The van der Waals surface area contributed by atoms with Crippen LogP contribution in [0.5, 0.6) is 5.75 Å². The Hall–Kier alpha value is -1.02. The molecule has 0 spiro atoms. The highest BCUT2D eigenvalue weighted by molar-refractivity contribution is 5.28. The maximum absolute atomic E-state index is 9.04. The van der Waals surface area contributed by atoms with Crippen molar-refractivity contribution >= 4 is 0 Å². The van der Waals surface area contributed by atoms with E-state index < -0.39 is 6.04 Å². The van der Waals surface area contributed by atoms with E-state index in [-0.39, 0.29) is 5.75 Å². The highest BCUT2D eigenvalue weighted by Crippen LogP contribution is 2.16. The molecule has 0 heterocycles. The van der Waals surface area contributed by atoms with E-state index in [0.717, 1.165) is 5.56 Å². The van der Waals surface area contributed by atoms with E-state index in [1.54, 1.807) is 31.2 Å². The molecule has 0 aliphatic carbocycles. The van der Waals surface area contributed by atoms with Crippen LogP contribution in [-0.4, -0.2) is 5.11 Å². The Morgan fingerprint density at radius 3 is 2.60 bits per heavy atom. The lowest BCUT2D eigenvalue weighted by Crippen LogP contribution is -1.91. The molecule has 0 aliphatic rings. The summed E-state index contributed by atoms with van der Waals surface area (Å²) in [5, 5.41) is 8.95. The molecule has 1 unspecified atom stereocenters. The predicted octanol–water partition coefficient (Wildman–Crippen LogP) is 1.52. The zero-order valence-electron chi connectivity index (χ0n) is 5.78. The number of nitrogens with zero attached hydrogens (tertiary/aromatic N) is 1. The van der Waals surface area contributed by atoms with Gasteiger partial charge in [0.25, 0.3) is 0 Å². The second-order valence-electron chi connectivity index (χ2n) is 2.27. The van der Waals surface area contributed by atoms with Crippen LogP contribution in [-0.2, 0) is 0 Å². The van der Waals surface area contributed by atoms with Gasteiger partial charge in [0.2, 0.25) is 0 Å². The lowest BCUT2D eigenvalue weighted by atomic mass is 10.1. The van der Waals surface area contributed by atoms with Gasteiger partial charge < -0.3 is 5.11 Å². The van der Waals surface area contributed by atoms with Crippen LogP contribution in [0, 0.1) is 0 Å². The van der Waals surface area contributed by atoms with Crippen LogP contribution in [0.2, 0.25) is 0 Å². The smallest absolute Gasteiger partial charge is 0.115 e. The van der Waals surface area contributed by atoms with Gasteiger partial charge in [-0.05, 0) is 24.6 Å². The summed E-state index contributed by atoms with van der Waals surface area (Å²) in [7, 11) is 0. The molecule has 1 N–H and O–H groups in total. The standard InChI is InChI=1S/C8H9NO/c1-6(9)7-3-2-4-8(10)5-7/h2-6,10H,1H3. The highest BCUT2D eigenvalue weighted by atomic mass is 16.3. The normalized spacial score (nSPS) is 13.0. The number of benzene rings is 1. The van der Waals surface area contributed by atoms with Crippen molar-refractivity contribution in [3.05, 3.63) is 29.8 Å². The fourth-order valence-electron chi connectivity index (χ4n) is 0.785. The molecule has 1 rings (SSSR count). The monoisotopic (exact) mass is 135 g/mol. The van der Waals surface area contributed by atoms with Crippen LogP contribution in [0.25, 0.3) is 0 Å². The van der Waals surface area contributed by atoms with Crippen molar-refractivity contribution in [1.29, 1.82) is 0 Å². The number of hydrogen-bond acceptors (Lipinski definition) is 1. The molecular formula is C8H9NO. The summed E-state index contributed by atoms with van der Waals surface area (Å²) >= 11 is 0. The van der Waals surface area contributed by atoms with Gasteiger partial charge >= 0.3 is 0 Å². The molecule has 0 bridgehead atoms. The van der Waals surface area contributed by atoms with E-state index in [2.05, 4.69) is 0 Å². The maximum atomic E-state index is 9.04. The van der Waals surface area contributed by atoms with Gasteiger partial charge in [0.15, 0.2) is 0 Å². The van der Waals surface area contributed by atoms with Gasteiger partial charge in [0, 0.05) is 0 Å². The lowest BCUT2D eigenvalue weighted by Gasteiger charge is -2.01. The second-order valence-corrected chi connectivity index (χ2v) is 2.27. The summed E-state index contributed by atoms with van der Waals surface area (Å²) in [6, 6.07) is 6.09. The first kappa shape index (κ1) is 7.09. The molecule has 0 aliphatic heterocycles. The lowest BCUT2D eigenvalue weighted by molar-refractivity contribution is 0.474. The molecule has 1 atom stereocenters. The summed E-state index contributed by atoms with van der Waals surface area (Å²) in [5.74, 6) is 0.193. The molecule has 0 amide bonds. The Balaban J connectivity index is 2.96. The summed E-state index contributed by atoms with van der Waals surface area (Å²) < 4.78 is 0. The van der Waals surface area contributed by atoms with Gasteiger partial charge in [-0.1, -0.05) is 12.1 Å². The Morgan fingerprint density at radius 1 is 1.50 bits per heavy atom. The molecule has 52 valence electrons. The van der Waals surface area contributed by atoms with Crippen LogP contribution in [0.3, 0.4) is 0 Å². The van der Waals surface area contributed by atoms with E-state index in [9.17, 15) is 0 Å². The van der Waals surface area contributed by atoms with E-state index in [4.69, 9.17) is 10.8 Å². The number of rotatable bonds is 1. The molecule has 1 aromatic carbocycles. The van der Waals surface area contributed by atoms with Crippen molar-refractivity contribution in [1.82, 2.24) is 5.73 Å². The minimum atomic E-state index is -0.507. The molecular weight excluding hydrogens is 126 g/mol. The quantitative estimate of drug-likeness (QED) is 0.623. The summed E-state index contributed by atoms with van der Waals surface area (Å²) in [5.41, 5.74) is 9.77. The second kappa shape index (κ2) is 2.71. The van der Waals surface area contributed by atoms with E-state index >= 15 is 0 Å². The number of phenolic OH excluding ortho intramolecular Hbond substituents is 1. The topological polar surface area (TPSA) is 42.5 Å². The van der Waals surface area contributed by atoms with Crippen molar-refractivity contribution < 1.29 is 5.11 Å². The number of aromatic hydroxyl groups is 1. The SMILES string of the molecule is CC([N])c1cccc(O)c1. The van der Waals surface area contributed by atoms with Crippen molar-refractivity contribution in [2.75, 3.05) is 0 Å². The first-order valence-corrected chi connectivity index (χ1v) is 3.17. The average Bonchev–Trinajstić information content (AvgIpc) is 1.88. The van der Waals surface area contributed by atoms with Gasteiger partial charge in [0.05, 0.1) is 6.04 Å². The molecule has 2 heteroatoms. The number of hydrogen-bond donors (Lipinski definition) is 1. The van der Waals surface area contributed by atoms with Gasteiger partial charge in [-0.25, -0.2) is 0 Å². The zero-order chi connectivity index (χ0) is 7.56. The van der Waals surface area contributed by atoms with Crippen molar-refractivity contribution in [2.24, 2.45) is 0 Å². The first-order chi connectivity index (χ1) is 4.70. The van der Waals surface area contributed by atoms with E-state index in [0.29, 0.717) is 0 Å². The van der Waals surface area contributed by atoms with Gasteiger partial charge in [-0.2, -0.15) is 0 Å². The summed E-state index contributed by atoms with van der Waals surface area (Å²) in [6.45, 7) is 1.66. The van der Waals surface area contributed by atoms with Crippen LogP contribution >= 0.6 is 0 Å². The Bertz CT molecular complexity index is 220. The molecule has 2 nitrogen and oxygen atoms in total. The maximum Gasteiger partial charge on any atom is 0.115 e. The van der Waals surface area contributed by atoms with Crippen molar-refractivity contribution in [3.8, 4) is 5.75 Å².